The SMILES string of the molecule is CC(=O)N1CCCN(C(=O)Nc2nncs2)CC1. The van der Waals surface area contributed by atoms with Crippen molar-refractivity contribution in [1.29, 1.82) is 0 Å². The fourth-order valence-electron chi connectivity index (χ4n) is 1.83. The second-order valence-corrected chi connectivity index (χ2v) is 4.85. The predicted molar refractivity (Wildman–Crippen MR) is 67.4 cm³/mol. The molecule has 0 aliphatic carbocycles. The Balaban J connectivity index is 1.89. The first-order valence-corrected chi connectivity index (χ1v) is 6.62. The molecule has 1 aromatic heterocycles. The van der Waals surface area contributed by atoms with Crippen molar-refractivity contribution in [2.75, 3.05) is 31.5 Å². The van der Waals surface area contributed by atoms with Crippen molar-refractivity contribution < 1.29 is 9.59 Å². The predicted octanol–water partition coefficient (Wildman–Crippen LogP) is 0.624. The van der Waals surface area contributed by atoms with Crippen LogP contribution in [0.2, 0.25) is 0 Å². The van der Waals surface area contributed by atoms with Crippen LogP contribution >= 0.6 is 11.3 Å². The standard InChI is InChI=1S/C10H15N5O2S/c1-8(16)14-3-2-4-15(6-5-14)10(17)12-9-13-11-7-18-9/h7H,2-6H2,1H3,(H,12,13,17). The summed E-state index contributed by atoms with van der Waals surface area (Å²) in [5, 5.41) is 10.6. The van der Waals surface area contributed by atoms with Crippen molar-refractivity contribution >= 4 is 28.4 Å². The number of hydrogen-bond donors (Lipinski definition) is 1. The van der Waals surface area contributed by atoms with Crippen molar-refractivity contribution in [1.82, 2.24) is 20.0 Å². The van der Waals surface area contributed by atoms with E-state index >= 15 is 0 Å². The van der Waals surface area contributed by atoms with E-state index in [4.69, 9.17) is 0 Å². The van der Waals surface area contributed by atoms with Crippen LogP contribution in [0.15, 0.2) is 5.51 Å². The van der Waals surface area contributed by atoms with E-state index in [1.54, 1.807) is 22.2 Å². The van der Waals surface area contributed by atoms with Crippen molar-refractivity contribution in [3.05, 3.63) is 5.51 Å². The fraction of sp³-hybridized carbons (Fsp3) is 0.600. The molecule has 3 amide bonds. The summed E-state index contributed by atoms with van der Waals surface area (Å²) in [7, 11) is 0. The van der Waals surface area contributed by atoms with E-state index in [9.17, 15) is 9.59 Å². The van der Waals surface area contributed by atoms with Gasteiger partial charge in [0.05, 0.1) is 0 Å². The lowest BCUT2D eigenvalue weighted by Crippen LogP contribution is -2.38. The summed E-state index contributed by atoms with van der Waals surface area (Å²) in [5.41, 5.74) is 1.57. The molecule has 0 radical (unpaired) electrons. The Bertz CT molecular complexity index is 422. The Morgan fingerprint density at radius 2 is 2.00 bits per heavy atom. The maximum absolute atomic E-state index is 11.9. The Labute approximate surface area is 109 Å². The van der Waals surface area contributed by atoms with E-state index in [0.29, 0.717) is 31.3 Å². The zero-order chi connectivity index (χ0) is 13.0. The van der Waals surface area contributed by atoms with Crippen molar-refractivity contribution in [3.63, 3.8) is 0 Å². The van der Waals surface area contributed by atoms with Crippen LogP contribution in [0.3, 0.4) is 0 Å². The molecule has 0 spiro atoms. The van der Waals surface area contributed by atoms with Gasteiger partial charge in [0.15, 0.2) is 0 Å². The number of urea groups is 1. The second-order valence-electron chi connectivity index (χ2n) is 4.02. The molecule has 1 aliphatic heterocycles. The third-order valence-corrected chi connectivity index (χ3v) is 3.41. The molecule has 18 heavy (non-hydrogen) atoms. The van der Waals surface area contributed by atoms with Gasteiger partial charge >= 0.3 is 6.03 Å². The smallest absolute Gasteiger partial charge is 0.323 e. The molecule has 0 atom stereocenters. The Morgan fingerprint density at radius 3 is 2.67 bits per heavy atom. The minimum atomic E-state index is -0.183. The first-order chi connectivity index (χ1) is 8.66. The Kier molecular flexibility index (Phi) is 4.08. The molecule has 1 aromatic rings. The molecule has 0 bridgehead atoms. The first-order valence-electron chi connectivity index (χ1n) is 5.74. The number of aromatic nitrogens is 2. The van der Waals surface area contributed by atoms with Crippen molar-refractivity contribution in [3.8, 4) is 0 Å². The number of amides is 3. The molecule has 1 fully saturated rings. The number of carbonyl (C=O) groups excluding carboxylic acids is 2. The van der Waals surface area contributed by atoms with E-state index in [0.717, 1.165) is 6.42 Å². The summed E-state index contributed by atoms with van der Waals surface area (Å²) in [4.78, 5) is 26.7. The summed E-state index contributed by atoms with van der Waals surface area (Å²) >= 11 is 1.28. The van der Waals surface area contributed by atoms with Gasteiger partial charge in [0.25, 0.3) is 0 Å². The summed E-state index contributed by atoms with van der Waals surface area (Å²) in [6.07, 6.45) is 0.795. The highest BCUT2D eigenvalue weighted by atomic mass is 32.1. The van der Waals surface area contributed by atoms with Gasteiger partial charge in [-0.25, -0.2) is 4.79 Å². The Hall–Kier alpha value is -1.70. The molecule has 0 saturated carbocycles. The molecule has 98 valence electrons. The number of nitrogens with one attached hydrogen (secondary N) is 1. The van der Waals surface area contributed by atoms with Crippen LogP contribution < -0.4 is 5.32 Å². The van der Waals surface area contributed by atoms with Gasteiger partial charge in [-0.15, -0.1) is 10.2 Å². The maximum Gasteiger partial charge on any atom is 0.323 e. The highest BCUT2D eigenvalue weighted by Gasteiger charge is 2.20. The maximum atomic E-state index is 11.9. The van der Waals surface area contributed by atoms with Gasteiger partial charge in [0.1, 0.15) is 5.51 Å². The van der Waals surface area contributed by atoms with Crippen LogP contribution in [0, 0.1) is 0 Å². The van der Waals surface area contributed by atoms with Gasteiger partial charge in [-0.2, -0.15) is 0 Å². The summed E-state index contributed by atoms with van der Waals surface area (Å²) in [6, 6.07) is -0.183. The van der Waals surface area contributed by atoms with Gasteiger partial charge in [0.2, 0.25) is 11.0 Å². The lowest BCUT2D eigenvalue weighted by Gasteiger charge is -2.20. The van der Waals surface area contributed by atoms with Gasteiger partial charge in [-0.3, -0.25) is 10.1 Å². The molecule has 2 heterocycles. The number of anilines is 1. The average molecular weight is 269 g/mol. The molecule has 2 rings (SSSR count). The van der Waals surface area contributed by atoms with E-state index in [1.807, 2.05) is 0 Å². The minimum absolute atomic E-state index is 0.0568. The molecule has 0 aromatic carbocycles. The zero-order valence-corrected chi connectivity index (χ0v) is 10.9. The number of rotatable bonds is 1. The van der Waals surface area contributed by atoms with Crippen LogP contribution in [0.4, 0.5) is 9.93 Å². The second kappa shape index (κ2) is 5.76. The van der Waals surface area contributed by atoms with Crippen LogP contribution in [0.5, 0.6) is 0 Å². The van der Waals surface area contributed by atoms with Crippen LogP contribution in [-0.2, 0) is 4.79 Å². The first kappa shape index (κ1) is 12.7. The third-order valence-electron chi connectivity index (χ3n) is 2.80. The highest BCUT2D eigenvalue weighted by molar-refractivity contribution is 7.13. The third kappa shape index (κ3) is 3.16. The monoisotopic (exact) mass is 269 g/mol. The molecular formula is C10H15N5O2S. The fourth-order valence-corrected chi connectivity index (χ4v) is 2.27. The zero-order valence-electron chi connectivity index (χ0n) is 10.1. The molecule has 0 unspecified atom stereocenters. The van der Waals surface area contributed by atoms with E-state index in [1.165, 1.54) is 11.3 Å². The van der Waals surface area contributed by atoms with E-state index in [2.05, 4.69) is 15.5 Å². The largest absolute Gasteiger partial charge is 0.341 e. The number of hydrogen-bond acceptors (Lipinski definition) is 5. The van der Waals surface area contributed by atoms with Gasteiger partial charge < -0.3 is 9.80 Å². The van der Waals surface area contributed by atoms with Gasteiger partial charge in [-0.1, -0.05) is 11.3 Å². The lowest BCUT2D eigenvalue weighted by atomic mass is 10.4. The average Bonchev–Trinajstić information content (AvgIpc) is 2.70. The lowest BCUT2D eigenvalue weighted by molar-refractivity contribution is -0.128. The van der Waals surface area contributed by atoms with Crippen LogP contribution in [-0.4, -0.2) is 58.1 Å². The van der Waals surface area contributed by atoms with Crippen LogP contribution in [0.25, 0.3) is 0 Å². The quantitative estimate of drug-likeness (QED) is 0.811. The molecule has 1 aliphatic rings. The van der Waals surface area contributed by atoms with Gasteiger partial charge in [-0.05, 0) is 6.42 Å². The van der Waals surface area contributed by atoms with Crippen molar-refractivity contribution in [2.24, 2.45) is 0 Å². The van der Waals surface area contributed by atoms with E-state index < -0.39 is 0 Å². The van der Waals surface area contributed by atoms with Gasteiger partial charge in [0, 0.05) is 33.1 Å². The highest BCUT2D eigenvalue weighted by Crippen LogP contribution is 2.10. The minimum Gasteiger partial charge on any atom is -0.341 e. The summed E-state index contributed by atoms with van der Waals surface area (Å²) < 4.78 is 0. The normalized spacial score (nSPS) is 16.3. The molecule has 1 N–H and O–H groups in total. The molecule has 8 heteroatoms. The van der Waals surface area contributed by atoms with Crippen molar-refractivity contribution in [2.45, 2.75) is 13.3 Å². The summed E-state index contributed by atoms with van der Waals surface area (Å²) in [5.74, 6) is 0.0568. The topological polar surface area (TPSA) is 78.4 Å². The Morgan fingerprint density at radius 1 is 1.28 bits per heavy atom. The van der Waals surface area contributed by atoms with Crippen LogP contribution in [0.1, 0.15) is 13.3 Å². The number of nitrogens with zero attached hydrogens (tertiary/aromatic N) is 4. The summed E-state index contributed by atoms with van der Waals surface area (Å²) in [6.45, 7) is 4.03. The van der Waals surface area contributed by atoms with E-state index in [-0.39, 0.29) is 11.9 Å². The molecule has 7 nitrogen and oxygen atoms in total. The molecular weight excluding hydrogens is 254 g/mol. The number of carbonyl (C=O) groups is 2. The molecule has 1 saturated heterocycles.